The van der Waals surface area contributed by atoms with Crippen LogP contribution in [-0.2, 0) is 13.1 Å². The third-order valence-corrected chi connectivity index (χ3v) is 5.76. The number of carbonyl (C=O) groups excluding carboxylic acids is 1. The monoisotopic (exact) mass is 343 g/mol. The minimum Gasteiger partial charge on any atom is -0.338 e. The number of hydrogen-bond donors (Lipinski definition) is 1. The van der Waals surface area contributed by atoms with Crippen molar-refractivity contribution in [3.8, 4) is 0 Å². The molecule has 5 heteroatoms. The van der Waals surface area contributed by atoms with Gasteiger partial charge in [-0.3, -0.25) is 4.98 Å². The molecule has 1 atom stereocenters. The highest BCUT2D eigenvalue weighted by atomic mass is 32.1. The molecule has 2 amide bonds. The maximum absolute atomic E-state index is 12.7. The van der Waals surface area contributed by atoms with Crippen LogP contribution in [0.4, 0.5) is 4.79 Å². The number of thiophene rings is 1. The average molecular weight is 343 g/mol. The second-order valence-corrected chi connectivity index (χ2v) is 8.67. The number of amides is 2. The van der Waals surface area contributed by atoms with Gasteiger partial charge in [0.25, 0.3) is 0 Å². The standard InChI is InChI=1S/C19H25N3OS/c1-14-4-5-17(24-14)13-22(12-15-6-8-20-9-7-15)18(23)21-11-16-10-19(16,2)3/h4-9,16H,10-13H2,1-3H3,(H,21,23)/t16-/m1/s1. The van der Waals surface area contributed by atoms with E-state index in [0.29, 0.717) is 24.4 Å². The summed E-state index contributed by atoms with van der Waals surface area (Å²) >= 11 is 1.75. The van der Waals surface area contributed by atoms with Crippen molar-refractivity contribution in [2.45, 2.75) is 40.3 Å². The van der Waals surface area contributed by atoms with Crippen LogP contribution in [0.3, 0.4) is 0 Å². The maximum atomic E-state index is 12.7. The quantitative estimate of drug-likeness (QED) is 0.854. The zero-order chi connectivity index (χ0) is 17.2. The highest BCUT2D eigenvalue weighted by molar-refractivity contribution is 7.11. The molecule has 0 aliphatic heterocycles. The van der Waals surface area contributed by atoms with E-state index in [2.05, 4.69) is 43.2 Å². The van der Waals surface area contributed by atoms with E-state index in [-0.39, 0.29) is 6.03 Å². The molecule has 3 rings (SSSR count). The largest absolute Gasteiger partial charge is 0.338 e. The normalized spacial score (nSPS) is 18.2. The molecule has 1 N–H and O–H groups in total. The molecule has 0 spiro atoms. The fraction of sp³-hybridized carbons (Fsp3) is 0.474. The highest BCUT2D eigenvalue weighted by Gasteiger charge is 2.45. The summed E-state index contributed by atoms with van der Waals surface area (Å²) in [7, 11) is 0. The Kier molecular flexibility index (Phi) is 4.90. The van der Waals surface area contributed by atoms with Crippen molar-refractivity contribution < 1.29 is 4.79 Å². The van der Waals surface area contributed by atoms with Gasteiger partial charge in [-0.2, -0.15) is 0 Å². The number of aryl methyl sites for hydroxylation is 1. The molecule has 2 aromatic rings. The Bertz CT molecular complexity index is 696. The van der Waals surface area contributed by atoms with Gasteiger partial charge < -0.3 is 10.2 Å². The minimum atomic E-state index is 0.0144. The Labute approximate surface area is 147 Å². The van der Waals surface area contributed by atoms with E-state index in [1.807, 2.05) is 17.0 Å². The lowest BCUT2D eigenvalue weighted by atomic mass is 10.1. The third kappa shape index (κ3) is 4.35. The van der Waals surface area contributed by atoms with Crippen molar-refractivity contribution in [3.05, 3.63) is 52.0 Å². The van der Waals surface area contributed by atoms with Crippen LogP contribution in [-0.4, -0.2) is 22.5 Å². The van der Waals surface area contributed by atoms with E-state index in [1.54, 1.807) is 23.7 Å². The van der Waals surface area contributed by atoms with Crippen molar-refractivity contribution in [1.82, 2.24) is 15.2 Å². The van der Waals surface area contributed by atoms with Gasteiger partial charge in [0.1, 0.15) is 0 Å². The van der Waals surface area contributed by atoms with Gasteiger partial charge >= 0.3 is 6.03 Å². The Morgan fingerprint density at radius 1 is 1.29 bits per heavy atom. The lowest BCUT2D eigenvalue weighted by molar-refractivity contribution is 0.192. The summed E-state index contributed by atoms with van der Waals surface area (Å²) in [6.07, 6.45) is 4.74. The number of hydrogen-bond acceptors (Lipinski definition) is 3. The third-order valence-electron chi connectivity index (χ3n) is 4.77. The molecule has 0 aromatic carbocycles. The Morgan fingerprint density at radius 2 is 2.00 bits per heavy atom. The van der Waals surface area contributed by atoms with E-state index in [0.717, 1.165) is 12.1 Å². The SMILES string of the molecule is Cc1ccc(CN(Cc2ccncc2)C(=O)NC[C@H]2CC2(C)C)s1. The fourth-order valence-corrected chi connectivity index (χ4v) is 3.82. The van der Waals surface area contributed by atoms with Crippen molar-refractivity contribution >= 4 is 17.4 Å². The van der Waals surface area contributed by atoms with Gasteiger partial charge in [0, 0.05) is 35.2 Å². The average Bonchev–Trinajstić information content (AvgIpc) is 2.95. The van der Waals surface area contributed by atoms with Gasteiger partial charge in [-0.05, 0) is 54.5 Å². The zero-order valence-electron chi connectivity index (χ0n) is 14.6. The van der Waals surface area contributed by atoms with Crippen molar-refractivity contribution in [1.29, 1.82) is 0 Å². The molecule has 1 aliphatic rings. The van der Waals surface area contributed by atoms with E-state index in [1.165, 1.54) is 16.2 Å². The highest BCUT2D eigenvalue weighted by Crippen LogP contribution is 2.50. The minimum absolute atomic E-state index is 0.0144. The first-order valence-corrected chi connectivity index (χ1v) is 9.23. The number of aromatic nitrogens is 1. The lowest BCUT2D eigenvalue weighted by Crippen LogP contribution is -2.40. The van der Waals surface area contributed by atoms with Gasteiger partial charge in [0.05, 0.1) is 6.54 Å². The van der Waals surface area contributed by atoms with Crippen molar-refractivity contribution in [3.63, 3.8) is 0 Å². The smallest absolute Gasteiger partial charge is 0.318 e. The summed E-state index contributed by atoms with van der Waals surface area (Å²) in [5, 5.41) is 3.12. The van der Waals surface area contributed by atoms with Crippen molar-refractivity contribution in [2.75, 3.05) is 6.54 Å². The van der Waals surface area contributed by atoms with Gasteiger partial charge in [0.2, 0.25) is 0 Å². The molecular formula is C19H25N3OS. The first-order chi connectivity index (χ1) is 11.4. The van der Waals surface area contributed by atoms with E-state index in [4.69, 9.17) is 0 Å². The molecule has 1 fully saturated rings. The topological polar surface area (TPSA) is 45.2 Å². The number of carbonyl (C=O) groups is 1. The summed E-state index contributed by atoms with van der Waals surface area (Å²) < 4.78 is 0. The van der Waals surface area contributed by atoms with Crippen LogP contribution in [0.2, 0.25) is 0 Å². The summed E-state index contributed by atoms with van der Waals surface area (Å²) in [6.45, 7) is 8.61. The number of pyridine rings is 1. The predicted molar refractivity (Wildman–Crippen MR) is 97.8 cm³/mol. The summed E-state index contributed by atoms with van der Waals surface area (Å²) in [6, 6.07) is 8.15. The van der Waals surface area contributed by atoms with Crippen LogP contribution >= 0.6 is 11.3 Å². The fourth-order valence-electron chi connectivity index (χ4n) is 2.91. The molecule has 0 bridgehead atoms. The molecule has 0 radical (unpaired) electrons. The molecule has 1 saturated carbocycles. The molecular weight excluding hydrogens is 318 g/mol. The molecule has 2 aromatic heterocycles. The number of urea groups is 1. The molecule has 0 unspecified atom stereocenters. The second-order valence-electron chi connectivity index (χ2n) is 7.30. The van der Waals surface area contributed by atoms with E-state index < -0.39 is 0 Å². The lowest BCUT2D eigenvalue weighted by Gasteiger charge is -2.23. The van der Waals surface area contributed by atoms with E-state index in [9.17, 15) is 4.79 Å². The molecule has 4 nitrogen and oxygen atoms in total. The van der Waals surface area contributed by atoms with Crippen LogP contribution in [0.1, 0.15) is 35.6 Å². The van der Waals surface area contributed by atoms with Crippen LogP contribution in [0.15, 0.2) is 36.7 Å². The molecule has 1 aliphatic carbocycles. The van der Waals surface area contributed by atoms with Gasteiger partial charge in [-0.15, -0.1) is 11.3 Å². The second kappa shape index (κ2) is 6.93. The molecule has 24 heavy (non-hydrogen) atoms. The molecule has 128 valence electrons. The Morgan fingerprint density at radius 3 is 2.58 bits per heavy atom. The van der Waals surface area contributed by atoms with Crippen LogP contribution in [0.25, 0.3) is 0 Å². The summed E-state index contributed by atoms with van der Waals surface area (Å²) in [5.41, 5.74) is 1.48. The predicted octanol–water partition coefficient (Wildman–Crippen LogP) is 4.21. The maximum Gasteiger partial charge on any atom is 0.318 e. The summed E-state index contributed by atoms with van der Waals surface area (Å²) in [5.74, 6) is 0.605. The Hall–Kier alpha value is -1.88. The first-order valence-electron chi connectivity index (χ1n) is 8.41. The zero-order valence-corrected chi connectivity index (χ0v) is 15.4. The Balaban J connectivity index is 1.65. The van der Waals surface area contributed by atoms with Gasteiger partial charge in [0.15, 0.2) is 0 Å². The van der Waals surface area contributed by atoms with Crippen LogP contribution in [0, 0.1) is 18.3 Å². The van der Waals surface area contributed by atoms with Crippen LogP contribution in [0.5, 0.6) is 0 Å². The number of rotatable bonds is 6. The molecule has 2 heterocycles. The molecule has 0 saturated heterocycles. The van der Waals surface area contributed by atoms with E-state index >= 15 is 0 Å². The first kappa shape index (κ1) is 17.0. The summed E-state index contributed by atoms with van der Waals surface area (Å²) in [4.78, 5) is 21.1. The van der Waals surface area contributed by atoms with Crippen LogP contribution < -0.4 is 5.32 Å². The van der Waals surface area contributed by atoms with Crippen molar-refractivity contribution in [2.24, 2.45) is 11.3 Å². The number of nitrogens with zero attached hydrogens (tertiary/aromatic N) is 2. The van der Waals surface area contributed by atoms with Gasteiger partial charge in [-0.25, -0.2) is 4.79 Å². The number of nitrogens with one attached hydrogen (secondary N) is 1. The van der Waals surface area contributed by atoms with Gasteiger partial charge in [-0.1, -0.05) is 13.8 Å².